The molecule has 1 aromatic heterocycles. The van der Waals surface area contributed by atoms with Gasteiger partial charge in [0.1, 0.15) is 0 Å². The Morgan fingerprint density at radius 1 is 1.12 bits per heavy atom. The van der Waals surface area contributed by atoms with E-state index in [-0.39, 0.29) is 0 Å². The molecule has 0 bridgehead atoms. The molecule has 4 heteroatoms. The van der Waals surface area contributed by atoms with Crippen molar-refractivity contribution in [1.82, 2.24) is 20.6 Å². The molecule has 1 heterocycles. The fraction of sp³-hybridized carbons (Fsp3) is 0.417. The summed E-state index contributed by atoms with van der Waals surface area (Å²) in [6, 6.07) is 6.63. The Kier molecular flexibility index (Phi) is 3.29. The number of benzene rings is 1. The number of nitrogens with one attached hydrogen (secondary N) is 1. The standard InChI is InChI=1S/C12H16N4/c1-9-6-7-11(8-10(9)2)4-3-5-12-13-15-16-14-12/h6-8H,3-5H2,1-2H3,(H,13,14,15,16). The van der Waals surface area contributed by atoms with Gasteiger partial charge in [-0.1, -0.05) is 23.4 Å². The largest absolute Gasteiger partial charge is 0.177 e. The lowest BCUT2D eigenvalue weighted by molar-refractivity contribution is 0.773. The second-order valence-corrected chi connectivity index (χ2v) is 4.10. The van der Waals surface area contributed by atoms with E-state index in [0.29, 0.717) is 0 Å². The SMILES string of the molecule is Cc1ccc(CCCc2nn[nH]n2)cc1C. The van der Waals surface area contributed by atoms with E-state index in [0.717, 1.165) is 25.1 Å². The van der Waals surface area contributed by atoms with Crippen molar-refractivity contribution in [2.24, 2.45) is 0 Å². The fourth-order valence-corrected chi connectivity index (χ4v) is 1.70. The van der Waals surface area contributed by atoms with Crippen molar-refractivity contribution in [1.29, 1.82) is 0 Å². The predicted octanol–water partition coefficient (Wildman–Crippen LogP) is 1.99. The molecule has 1 aromatic carbocycles. The topological polar surface area (TPSA) is 54.5 Å². The molecule has 16 heavy (non-hydrogen) atoms. The molecular weight excluding hydrogens is 200 g/mol. The van der Waals surface area contributed by atoms with Gasteiger partial charge >= 0.3 is 0 Å². The lowest BCUT2D eigenvalue weighted by Gasteiger charge is -2.04. The van der Waals surface area contributed by atoms with Gasteiger partial charge in [-0.05, 0) is 43.4 Å². The first-order valence-electron chi connectivity index (χ1n) is 5.54. The second kappa shape index (κ2) is 4.88. The summed E-state index contributed by atoms with van der Waals surface area (Å²) in [5.74, 6) is 0.795. The molecule has 0 fully saturated rings. The van der Waals surface area contributed by atoms with Crippen molar-refractivity contribution in [3.05, 3.63) is 40.7 Å². The smallest absolute Gasteiger partial charge is 0.174 e. The number of hydrogen-bond acceptors (Lipinski definition) is 3. The van der Waals surface area contributed by atoms with Crippen LogP contribution in [0, 0.1) is 13.8 Å². The molecule has 4 nitrogen and oxygen atoms in total. The van der Waals surface area contributed by atoms with Crippen LogP contribution >= 0.6 is 0 Å². The summed E-state index contributed by atoms with van der Waals surface area (Å²) in [4.78, 5) is 0. The lowest BCUT2D eigenvalue weighted by atomic mass is 10.0. The number of tetrazole rings is 1. The first-order chi connectivity index (χ1) is 7.75. The van der Waals surface area contributed by atoms with Crippen LogP contribution in [0.1, 0.15) is 28.9 Å². The summed E-state index contributed by atoms with van der Waals surface area (Å²) in [6.07, 6.45) is 3.00. The van der Waals surface area contributed by atoms with Crippen molar-refractivity contribution in [2.75, 3.05) is 0 Å². The Balaban J connectivity index is 1.87. The summed E-state index contributed by atoms with van der Waals surface area (Å²) >= 11 is 0. The summed E-state index contributed by atoms with van der Waals surface area (Å²) in [7, 11) is 0. The maximum atomic E-state index is 3.93. The molecule has 0 aliphatic heterocycles. The highest BCUT2D eigenvalue weighted by atomic mass is 15.5. The number of H-pyrrole nitrogens is 1. The number of hydrogen-bond donors (Lipinski definition) is 1. The third kappa shape index (κ3) is 2.66. The Morgan fingerprint density at radius 3 is 2.69 bits per heavy atom. The minimum absolute atomic E-state index is 0.795. The molecule has 0 radical (unpaired) electrons. The van der Waals surface area contributed by atoms with Crippen LogP contribution in [0.4, 0.5) is 0 Å². The maximum Gasteiger partial charge on any atom is 0.174 e. The van der Waals surface area contributed by atoms with Crippen LogP contribution in [-0.2, 0) is 12.8 Å². The monoisotopic (exact) mass is 216 g/mol. The van der Waals surface area contributed by atoms with Crippen molar-refractivity contribution < 1.29 is 0 Å². The van der Waals surface area contributed by atoms with Crippen molar-refractivity contribution >= 4 is 0 Å². The van der Waals surface area contributed by atoms with Crippen LogP contribution in [0.5, 0.6) is 0 Å². The minimum Gasteiger partial charge on any atom is -0.177 e. The Bertz CT molecular complexity index is 448. The van der Waals surface area contributed by atoms with Crippen LogP contribution in [0.25, 0.3) is 0 Å². The number of aromatic nitrogens is 4. The van der Waals surface area contributed by atoms with Crippen molar-refractivity contribution in [3.63, 3.8) is 0 Å². The van der Waals surface area contributed by atoms with Crippen LogP contribution in [0.3, 0.4) is 0 Å². The van der Waals surface area contributed by atoms with Crippen LogP contribution in [0.15, 0.2) is 18.2 Å². The molecule has 1 N–H and O–H groups in total. The van der Waals surface area contributed by atoms with Crippen LogP contribution in [-0.4, -0.2) is 20.6 Å². The molecule has 0 atom stereocenters. The van der Waals surface area contributed by atoms with Crippen LogP contribution < -0.4 is 0 Å². The van der Waals surface area contributed by atoms with Gasteiger partial charge in [0.25, 0.3) is 0 Å². The van der Waals surface area contributed by atoms with Crippen molar-refractivity contribution in [3.8, 4) is 0 Å². The highest BCUT2D eigenvalue weighted by molar-refractivity contribution is 5.29. The Labute approximate surface area is 95.1 Å². The van der Waals surface area contributed by atoms with Gasteiger partial charge in [0, 0.05) is 6.42 Å². The summed E-state index contributed by atoms with van der Waals surface area (Å²) in [6.45, 7) is 4.29. The first kappa shape index (κ1) is 10.8. The predicted molar refractivity (Wildman–Crippen MR) is 62.1 cm³/mol. The number of rotatable bonds is 4. The first-order valence-corrected chi connectivity index (χ1v) is 5.54. The zero-order valence-corrected chi connectivity index (χ0v) is 9.70. The molecule has 84 valence electrons. The van der Waals surface area contributed by atoms with E-state index in [2.05, 4.69) is 52.7 Å². The average molecular weight is 216 g/mol. The molecule has 2 aromatic rings. The molecular formula is C12H16N4. The number of aromatic amines is 1. The third-order valence-electron chi connectivity index (χ3n) is 2.83. The third-order valence-corrected chi connectivity index (χ3v) is 2.83. The quantitative estimate of drug-likeness (QED) is 0.850. The van der Waals surface area contributed by atoms with Gasteiger partial charge in [0.15, 0.2) is 5.82 Å². The summed E-state index contributed by atoms with van der Waals surface area (Å²) < 4.78 is 0. The molecule has 0 unspecified atom stereocenters. The minimum atomic E-state index is 0.795. The highest BCUT2D eigenvalue weighted by Crippen LogP contribution is 2.12. The van der Waals surface area contributed by atoms with E-state index >= 15 is 0 Å². The highest BCUT2D eigenvalue weighted by Gasteiger charge is 2.00. The molecule has 0 amide bonds. The van der Waals surface area contributed by atoms with E-state index in [1.165, 1.54) is 16.7 Å². The zero-order valence-electron chi connectivity index (χ0n) is 9.70. The van der Waals surface area contributed by atoms with E-state index in [1.807, 2.05) is 0 Å². The van der Waals surface area contributed by atoms with E-state index in [1.54, 1.807) is 0 Å². The molecule has 0 saturated carbocycles. The molecule has 0 saturated heterocycles. The fourth-order valence-electron chi connectivity index (χ4n) is 1.70. The average Bonchev–Trinajstić information content (AvgIpc) is 2.76. The second-order valence-electron chi connectivity index (χ2n) is 4.10. The Hall–Kier alpha value is -1.71. The number of aryl methyl sites for hydroxylation is 4. The normalized spacial score (nSPS) is 10.6. The summed E-state index contributed by atoms with van der Waals surface area (Å²) in [5.41, 5.74) is 4.09. The Morgan fingerprint density at radius 2 is 2.00 bits per heavy atom. The van der Waals surface area contributed by atoms with Gasteiger partial charge in [-0.15, -0.1) is 10.2 Å². The molecule has 0 aliphatic rings. The van der Waals surface area contributed by atoms with E-state index < -0.39 is 0 Å². The van der Waals surface area contributed by atoms with Gasteiger partial charge in [-0.2, -0.15) is 5.21 Å². The lowest BCUT2D eigenvalue weighted by Crippen LogP contribution is -1.93. The van der Waals surface area contributed by atoms with Gasteiger partial charge in [-0.25, -0.2) is 0 Å². The van der Waals surface area contributed by atoms with E-state index in [4.69, 9.17) is 0 Å². The molecule has 0 spiro atoms. The zero-order chi connectivity index (χ0) is 11.4. The van der Waals surface area contributed by atoms with Gasteiger partial charge in [0.05, 0.1) is 0 Å². The van der Waals surface area contributed by atoms with Crippen LogP contribution in [0.2, 0.25) is 0 Å². The van der Waals surface area contributed by atoms with Crippen molar-refractivity contribution in [2.45, 2.75) is 33.1 Å². The van der Waals surface area contributed by atoms with Gasteiger partial charge in [0.2, 0.25) is 0 Å². The summed E-state index contributed by atoms with van der Waals surface area (Å²) in [5, 5.41) is 13.9. The molecule has 0 aliphatic carbocycles. The van der Waals surface area contributed by atoms with Gasteiger partial charge < -0.3 is 0 Å². The number of nitrogens with zero attached hydrogens (tertiary/aromatic N) is 3. The van der Waals surface area contributed by atoms with E-state index in [9.17, 15) is 0 Å². The maximum absolute atomic E-state index is 3.93. The van der Waals surface area contributed by atoms with Gasteiger partial charge in [-0.3, -0.25) is 0 Å². The molecule has 2 rings (SSSR count).